The van der Waals surface area contributed by atoms with Gasteiger partial charge < -0.3 is 5.32 Å². The lowest BCUT2D eigenvalue weighted by Gasteiger charge is -2.31. The molecular formula is C26H27FN2O. The highest BCUT2D eigenvalue weighted by Gasteiger charge is 2.25. The fraction of sp³-hybridized carbons (Fsp3) is 0.269. The van der Waals surface area contributed by atoms with Gasteiger partial charge in [0, 0.05) is 24.6 Å². The molecule has 0 bridgehead atoms. The summed E-state index contributed by atoms with van der Waals surface area (Å²) in [4.78, 5) is 14.9. The van der Waals surface area contributed by atoms with Gasteiger partial charge in [0.1, 0.15) is 5.82 Å². The number of nitrogens with zero attached hydrogens (tertiary/aromatic N) is 1. The molecule has 1 amide bonds. The number of halogens is 1. The van der Waals surface area contributed by atoms with E-state index in [1.807, 2.05) is 60.7 Å². The molecule has 4 heteroatoms. The lowest BCUT2D eigenvalue weighted by molar-refractivity contribution is -0.126. The first-order chi connectivity index (χ1) is 14.7. The first kappa shape index (κ1) is 20.3. The van der Waals surface area contributed by atoms with E-state index < -0.39 is 0 Å². The van der Waals surface area contributed by atoms with E-state index in [1.165, 1.54) is 6.07 Å². The van der Waals surface area contributed by atoms with E-state index >= 15 is 0 Å². The van der Waals surface area contributed by atoms with Crippen LogP contribution in [0.5, 0.6) is 0 Å². The summed E-state index contributed by atoms with van der Waals surface area (Å²) >= 11 is 0. The van der Waals surface area contributed by atoms with Crippen LogP contribution in [0, 0.1) is 11.7 Å². The van der Waals surface area contributed by atoms with Crippen LogP contribution in [0.2, 0.25) is 0 Å². The average Bonchev–Trinajstić information content (AvgIpc) is 2.79. The number of likely N-dealkylation sites (tertiary alicyclic amines) is 1. The molecule has 0 saturated carbocycles. The summed E-state index contributed by atoms with van der Waals surface area (Å²) in [5, 5.41) is 3.07. The smallest absolute Gasteiger partial charge is 0.223 e. The number of carbonyl (C=O) groups excluding carboxylic acids is 1. The van der Waals surface area contributed by atoms with Crippen molar-refractivity contribution in [3.05, 3.63) is 95.8 Å². The van der Waals surface area contributed by atoms with Crippen molar-refractivity contribution in [1.29, 1.82) is 0 Å². The van der Waals surface area contributed by atoms with Gasteiger partial charge in [0.15, 0.2) is 0 Å². The molecule has 1 N–H and O–H groups in total. The fourth-order valence-electron chi connectivity index (χ4n) is 4.12. The lowest BCUT2D eigenvalue weighted by Crippen LogP contribution is -2.40. The van der Waals surface area contributed by atoms with E-state index in [0.717, 1.165) is 49.2 Å². The number of nitrogens with one attached hydrogen (secondary N) is 1. The first-order valence-electron chi connectivity index (χ1n) is 10.6. The Kier molecular flexibility index (Phi) is 6.55. The van der Waals surface area contributed by atoms with Crippen LogP contribution in [0.25, 0.3) is 11.1 Å². The highest BCUT2D eigenvalue weighted by molar-refractivity contribution is 5.78. The maximum atomic E-state index is 14.3. The van der Waals surface area contributed by atoms with Gasteiger partial charge in [-0.05, 0) is 48.7 Å². The van der Waals surface area contributed by atoms with Crippen LogP contribution in [0.1, 0.15) is 24.0 Å². The SMILES string of the molecule is O=C(NCc1ccccc1)C1CCN(Cc2ccccc2-c2ccccc2F)CC1. The summed E-state index contributed by atoms with van der Waals surface area (Å²) in [6.45, 7) is 3.09. The molecule has 4 rings (SSSR count). The monoisotopic (exact) mass is 402 g/mol. The number of hydrogen-bond acceptors (Lipinski definition) is 2. The number of rotatable bonds is 6. The van der Waals surface area contributed by atoms with E-state index in [4.69, 9.17) is 0 Å². The standard InChI is InChI=1S/C26H27FN2O/c27-25-13-7-6-12-24(25)23-11-5-4-10-22(23)19-29-16-14-21(15-17-29)26(30)28-18-20-8-2-1-3-9-20/h1-13,21H,14-19H2,(H,28,30). The molecule has 30 heavy (non-hydrogen) atoms. The highest BCUT2D eigenvalue weighted by atomic mass is 19.1. The fourth-order valence-corrected chi connectivity index (χ4v) is 4.12. The van der Waals surface area contributed by atoms with Crippen LogP contribution in [-0.2, 0) is 17.9 Å². The van der Waals surface area contributed by atoms with Crippen LogP contribution in [0.15, 0.2) is 78.9 Å². The predicted molar refractivity (Wildman–Crippen MR) is 118 cm³/mol. The molecule has 1 aliphatic rings. The van der Waals surface area contributed by atoms with Gasteiger partial charge in [0.25, 0.3) is 0 Å². The number of hydrogen-bond donors (Lipinski definition) is 1. The molecule has 0 aromatic heterocycles. The molecule has 1 heterocycles. The topological polar surface area (TPSA) is 32.3 Å². The van der Waals surface area contributed by atoms with Gasteiger partial charge in [0.05, 0.1) is 0 Å². The minimum Gasteiger partial charge on any atom is -0.352 e. The van der Waals surface area contributed by atoms with Crippen molar-refractivity contribution in [2.75, 3.05) is 13.1 Å². The van der Waals surface area contributed by atoms with E-state index in [-0.39, 0.29) is 17.6 Å². The Balaban J connectivity index is 1.33. The molecule has 1 fully saturated rings. The number of carbonyl (C=O) groups is 1. The normalized spacial score (nSPS) is 15.1. The number of piperidine rings is 1. The Labute approximate surface area is 177 Å². The average molecular weight is 403 g/mol. The van der Waals surface area contributed by atoms with Gasteiger partial charge in [-0.1, -0.05) is 72.8 Å². The quantitative estimate of drug-likeness (QED) is 0.628. The Morgan fingerprint density at radius 1 is 0.867 bits per heavy atom. The maximum absolute atomic E-state index is 14.3. The second-order valence-corrected chi connectivity index (χ2v) is 7.89. The summed E-state index contributed by atoms with van der Waals surface area (Å²) in [5.41, 5.74) is 3.82. The molecule has 3 nitrogen and oxygen atoms in total. The molecule has 3 aromatic carbocycles. The zero-order valence-corrected chi connectivity index (χ0v) is 17.1. The van der Waals surface area contributed by atoms with E-state index in [2.05, 4.69) is 16.3 Å². The van der Waals surface area contributed by atoms with Crippen molar-refractivity contribution in [2.24, 2.45) is 5.92 Å². The lowest BCUT2D eigenvalue weighted by atomic mass is 9.94. The third-order valence-corrected chi connectivity index (χ3v) is 5.84. The minimum atomic E-state index is -0.196. The third-order valence-electron chi connectivity index (χ3n) is 5.84. The Morgan fingerprint density at radius 3 is 2.23 bits per heavy atom. The van der Waals surface area contributed by atoms with Crippen LogP contribution < -0.4 is 5.32 Å². The Morgan fingerprint density at radius 2 is 1.50 bits per heavy atom. The zero-order chi connectivity index (χ0) is 20.8. The van der Waals surface area contributed by atoms with Crippen molar-refractivity contribution >= 4 is 5.91 Å². The Bertz CT molecular complexity index is 981. The van der Waals surface area contributed by atoms with Crippen molar-refractivity contribution in [3.63, 3.8) is 0 Å². The van der Waals surface area contributed by atoms with E-state index in [0.29, 0.717) is 12.1 Å². The van der Waals surface area contributed by atoms with Gasteiger partial charge >= 0.3 is 0 Å². The van der Waals surface area contributed by atoms with Crippen LogP contribution >= 0.6 is 0 Å². The van der Waals surface area contributed by atoms with Gasteiger partial charge in [-0.25, -0.2) is 4.39 Å². The first-order valence-corrected chi connectivity index (χ1v) is 10.6. The van der Waals surface area contributed by atoms with Crippen molar-refractivity contribution in [3.8, 4) is 11.1 Å². The van der Waals surface area contributed by atoms with Crippen molar-refractivity contribution in [2.45, 2.75) is 25.9 Å². The van der Waals surface area contributed by atoms with Crippen LogP contribution in [0.4, 0.5) is 4.39 Å². The largest absolute Gasteiger partial charge is 0.352 e. The van der Waals surface area contributed by atoms with Crippen LogP contribution in [0.3, 0.4) is 0 Å². The Hall–Kier alpha value is -2.98. The molecule has 0 radical (unpaired) electrons. The summed E-state index contributed by atoms with van der Waals surface area (Å²) in [7, 11) is 0. The molecule has 0 atom stereocenters. The summed E-state index contributed by atoms with van der Waals surface area (Å²) in [5.74, 6) is 0.00998. The summed E-state index contributed by atoms with van der Waals surface area (Å²) in [6, 6.07) is 24.9. The van der Waals surface area contributed by atoms with Gasteiger partial charge in [-0.15, -0.1) is 0 Å². The van der Waals surface area contributed by atoms with Gasteiger partial charge in [-0.2, -0.15) is 0 Å². The molecule has 0 unspecified atom stereocenters. The van der Waals surface area contributed by atoms with E-state index in [1.54, 1.807) is 6.07 Å². The van der Waals surface area contributed by atoms with Crippen molar-refractivity contribution in [1.82, 2.24) is 10.2 Å². The zero-order valence-electron chi connectivity index (χ0n) is 17.1. The van der Waals surface area contributed by atoms with Crippen LogP contribution in [-0.4, -0.2) is 23.9 Å². The second-order valence-electron chi connectivity index (χ2n) is 7.89. The maximum Gasteiger partial charge on any atom is 0.223 e. The molecule has 154 valence electrons. The second kappa shape index (κ2) is 9.68. The molecule has 1 aliphatic heterocycles. The third kappa shape index (κ3) is 4.95. The highest BCUT2D eigenvalue weighted by Crippen LogP contribution is 2.28. The van der Waals surface area contributed by atoms with Crippen molar-refractivity contribution < 1.29 is 9.18 Å². The predicted octanol–water partition coefficient (Wildman–Crippen LogP) is 5.02. The van der Waals surface area contributed by atoms with Gasteiger partial charge in [-0.3, -0.25) is 9.69 Å². The van der Waals surface area contributed by atoms with E-state index in [9.17, 15) is 9.18 Å². The summed E-state index contributed by atoms with van der Waals surface area (Å²) in [6.07, 6.45) is 1.70. The van der Waals surface area contributed by atoms with Gasteiger partial charge in [0.2, 0.25) is 5.91 Å². The number of amides is 1. The molecule has 0 spiro atoms. The number of benzene rings is 3. The molecular weight excluding hydrogens is 375 g/mol. The molecule has 0 aliphatic carbocycles. The summed E-state index contributed by atoms with van der Waals surface area (Å²) < 4.78 is 14.3. The minimum absolute atomic E-state index is 0.0618. The molecule has 1 saturated heterocycles. The molecule has 3 aromatic rings.